The van der Waals surface area contributed by atoms with Crippen molar-refractivity contribution in [1.29, 1.82) is 0 Å². The number of nitrogens with zero attached hydrogens (tertiary/aromatic N) is 2. The van der Waals surface area contributed by atoms with Crippen LogP contribution in [0, 0.1) is 27.7 Å². The van der Waals surface area contributed by atoms with Gasteiger partial charge in [-0.3, -0.25) is 0 Å². The highest BCUT2D eigenvalue weighted by Gasteiger charge is 2.10. The van der Waals surface area contributed by atoms with E-state index in [4.69, 9.17) is 16.3 Å². The number of rotatable bonds is 2. The summed E-state index contributed by atoms with van der Waals surface area (Å²) in [6, 6.07) is 4.17. The maximum Gasteiger partial charge on any atom is 0.226 e. The molecule has 0 spiro atoms. The molecule has 0 unspecified atom stereocenters. The second-order valence-corrected chi connectivity index (χ2v) is 4.80. The van der Waals surface area contributed by atoms with E-state index in [9.17, 15) is 0 Å². The highest BCUT2D eigenvalue weighted by atomic mass is 35.5. The molecular weight excluding hydrogens is 248 g/mol. The van der Waals surface area contributed by atoms with Gasteiger partial charge in [-0.1, -0.05) is 17.7 Å². The van der Waals surface area contributed by atoms with Gasteiger partial charge in [0.05, 0.1) is 0 Å². The quantitative estimate of drug-likeness (QED) is 0.763. The maximum absolute atomic E-state index is 5.87. The van der Waals surface area contributed by atoms with Crippen LogP contribution in [0.3, 0.4) is 0 Å². The van der Waals surface area contributed by atoms with Gasteiger partial charge in [0.25, 0.3) is 0 Å². The van der Waals surface area contributed by atoms with Gasteiger partial charge < -0.3 is 4.74 Å². The van der Waals surface area contributed by atoms with Crippen molar-refractivity contribution in [2.24, 2.45) is 0 Å². The summed E-state index contributed by atoms with van der Waals surface area (Å²) >= 11 is 5.79. The Bertz CT molecular complexity index is 573. The van der Waals surface area contributed by atoms with Crippen molar-refractivity contribution in [2.75, 3.05) is 0 Å². The molecule has 0 atom stereocenters. The first kappa shape index (κ1) is 12.8. The van der Waals surface area contributed by atoms with Crippen LogP contribution in [0.1, 0.15) is 22.3 Å². The standard InChI is InChI=1S/C14H15ClN2O/c1-8-5-9(2)12(10(3)6-8)18-13-11(4)7-16-14(15)17-13/h5-7H,1-4H3. The Kier molecular flexibility index (Phi) is 3.53. The number of hydrogen-bond acceptors (Lipinski definition) is 3. The summed E-state index contributed by atoms with van der Waals surface area (Å²) in [5.74, 6) is 1.34. The fourth-order valence-electron chi connectivity index (χ4n) is 1.93. The van der Waals surface area contributed by atoms with Crippen molar-refractivity contribution in [2.45, 2.75) is 27.7 Å². The van der Waals surface area contributed by atoms with Gasteiger partial charge in [-0.25, -0.2) is 4.98 Å². The number of ether oxygens (including phenoxy) is 1. The van der Waals surface area contributed by atoms with E-state index in [1.165, 1.54) is 5.56 Å². The minimum Gasteiger partial charge on any atom is -0.438 e. The first-order chi connectivity index (χ1) is 8.47. The molecule has 0 amide bonds. The highest BCUT2D eigenvalue weighted by molar-refractivity contribution is 6.28. The molecule has 0 aliphatic rings. The molecule has 0 aliphatic heterocycles. The van der Waals surface area contributed by atoms with Crippen LogP contribution >= 0.6 is 11.6 Å². The lowest BCUT2D eigenvalue weighted by Gasteiger charge is -2.13. The zero-order valence-electron chi connectivity index (χ0n) is 10.9. The van der Waals surface area contributed by atoms with Crippen molar-refractivity contribution in [3.8, 4) is 11.6 Å². The normalized spacial score (nSPS) is 10.5. The average Bonchev–Trinajstić information content (AvgIpc) is 2.28. The SMILES string of the molecule is Cc1cc(C)c(Oc2nc(Cl)ncc2C)c(C)c1. The second-order valence-electron chi connectivity index (χ2n) is 4.46. The predicted octanol–water partition coefficient (Wildman–Crippen LogP) is 4.16. The van der Waals surface area contributed by atoms with E-state index in [1.54, 1.807) is 6.20 Å². The molecule has 1 aromatic carbocycles. The van der Waals surface area contributed by atoms with Crippen LogP contribution in [0.2, 0.25) is 5.28 Å². The molecule has 0 saturated heterocycles. The largest absolute Gasteiger partial charge is 0.438 e. The lowest BCUT2D eigenvalue weighted by Crippen LogP contribution is -1.97. The molecule has 0 aliphatic carbocycles. The Hall–Kier alpha value is -1.61. The van der Waals surface area contributed by atoms with E-state index in [0.29, 0.717) is 5.88 Å². The van der Waals surface area contributed by atoms with Crippen LogP contribution < -0.4 is 4.74 Å². The van der Waals surface area contributed by atoms with Crippen LogP contribution in [0.15, 0.2) is 18.3 Å². The number of aromatic nitrogens is 2. The fourth-order valence-corrected chi connectivity index (χ4v) is 2.06. The molecule has 1 heterocycles. The van der Waals surface area contributed by atoms with E-state index in [0.717, 1.165) is 22.4 Å². The number of hydrogen-bond donors (Lipinski definition) is 0. The molecule has 3 nitrogen and oxygen atoms in total. The van der Waals surface area contributed by atoms with Gasteiger partial charge in [0.15, 0.2) is 0 Å². The number of halogens is 1. The molecule has 0 saturated carbocycles. The summed E-state index contributed by atoms with van der Waals surface area (Å²) in [5, 5.41) is 0.193. The van der Waals surface area contributed by atoms with Crippen LogP contribution in [-0.4, -0.2) is 9.97 Å². The van der Waals surface area contributed by atoms with Crippen molar-refractivity contribution < 1.29 is 4.74 Å². The minimum absolute atomic E-state index is 0.193. The topological polar surface area (TPSA) is 35.0 Å². The van der Waals surface area contributed by atoms with Crippen LogP contribution in [0.25, 0.3) is 0 Å². The van der Waals surface area contributed by atoms with Gasteiger partial charge in [0.2, 0.25) is 11.2 Å². The lowest BCUT2D eigenvalue weighted by molar-refractivity contribution is 0.450. The van der Waals surface area contributed by atoms with E-state index < -0.39 is 0 Å². The molecule has 2 aromatic rings. The average molecular weight is 263 g/mol. The van der Waals surface area contributed by atoms with Gasteiger partial charge in [-0.15, -0.1) is 0 Å². The van der Waals surface area contributed by atoms with Crippen molar-refractivity contribution >= 4 is 11.6 Å². The number of aryl methyl sites for hydroxylation is 4. The number of benzene rings is 1. The zero-order valence-corrected chi connectivity index (χ0v) is 11.7. The first-order valence-electron chi connectivity index (χ1n) is 5.72. The second kappa shape index (κ2) is 4.94. The van der Waals surface area contributed by atoms with E-state index in [-0.39, 0.29) is 5.28 Å². The summed E-state index contributed by atoms with van der Waals surface area (Å²) in [6.45, 7) is 8.00. The molecule has 0 bridgehead atoms. The predicted molar refractivity (Wildman–Crippen MR) is 72.5 cm³/mol. The van der Waals surface area contributed by atoms with Gasteiger partial charge in [-0.05, 0) is 50.4 Å². The molecule has 94 valence electrons. The van der Waals surface area contributed by atoms with Gasteiger partial charge in [-0.2, -0.15) is 4.98 Å². The van der Waals surface area contributed by atoms with Crippen molar-refractivity contribution in [3.05, 3.63) is 45.9 Å². The summed E-state index contributed by atoms with van der Waals surface area (Å²) in [7, 11) is 0. The summed E-state index contributed by atoms with van der Waals surface area (Å²) < 4.78 is 5.87. The Morgan fingerprint density at radius 1 is 1.00 bits per heavy atom. The zero-order chi connectivity index (χ0) is 13.3. The smallest absolute Gasteiger partial charge is 0.226 e. The van der Waals surface area contributed by atoms with E-state index in [2.05, 4.69) is 29.0 Å². The third kappa shape index (κ3) is 2.62. The van der Waals surface area contributed by atoms with Gasteiger partial charge in [0.1, 0.15) is 5.75 Å². The Balaban J connectivity index is 2.43. The summed E-state index contributed by atoms with van der Waals surface area (Å²) in [4.78, 5) is 8.02. The first-order valence-corrected chi connectivity index (χ1v) is 6.10. The molecule has 4 heteroatoms. The monoisotopic (exact) mass is 262 g/mol. The van der Waals surface area contributed by atoms with Gasteiger partial charge in [0, 0.05) is 11.8 Å². The Morgan fingerprint density at radius 2 is 1.61 bits per heavy atom. The van der Waals surface area contributed by atoms with Crippen LogP contribution in [-0.2, 0) is 0 Å². The Labute approximate surface area is 112 Å². The summed E-state index contributed by atoms with van der Waals surface area (Å²) in [5.41, 5.74) is 4.25. The molecule has 0 N–H and O–H groups in total. The van der Waals surface area contributed by atoms with Crippen molar-refractivity contribution in [3.63, 3.8) is 0 Å². The van der Waals surface area contributed by atoms with Crippen LogP contribution in [0.4, 0.5) is 0 Å². The lowest BCUT2D eigenvalue weighted by atomic mass is 10.1. The third-order valence-corrected chi connectivity index (χ3v) is 2.88. The van der Waals surface area contributed by atoms with Gasteiger partial charge >= 0.3 is 0 Å². The molecule has 0 fully saturated rings. The minimum atomic E-state index is 0.193. The maximum atomic E-state index is 5.87. The fraction of sp³-hybridized carbons (Fsp3) is 0.286. The molecule has 2 rings (SSSR count). The third-order valence-electron chi connectivity index (χ3n) is 2.70. The van der Waals surface area contributed by atoms with Crippen molar-refractivity contribution in [1.82, 2.24) is 9.97 Å². The summed E-state index contributed by atoms with van der Waals surface area (Å²) in [6.07, 6.45) is 1.66. The molecule has 0 radical (unpaired) electrons. The van der Waals surface area contributed by atoms with E-state index in [1.807, 2.05) is 20.8 Å². The highest BCUT2D eigenvalue weighted by Crippen LogP contribution is 2.30. The van der Waals surface area contributed by atoms with Crippen LogP contribution in [0.5, 0.6) is 11.6 Å². The molecule has 1 aromatic heterocycles. The van der Waals surface area contributed by atoms with E-state index >= 15 is 0 Å². The Morgan fingerprint density at radius 3 is 2.22 bits per heavy atom. The molecular formula is C14H15ClN2O. The molecule has 18 heavy (non-hydrogen) atoms.